The molecule has 0 spiro atoms. The maximum atomic E-state index is 12.2. The lowest BCUT2D eigenvalue weighted by molar-refractivity contribution is -0.166. The van der Waals surface area contributed by atoms with Crippen LogP contribution in [0.2, 0.25) is 0 Å². The van der Waals surface area contributed by atoms with E-state index in [-0.39, 0.29) is 19.6 Å². The van der Waals surface area contributed by atoms with Crippen molar-refractivity contribution in [3.8, 4) is 0 Å². The second-order valence-electron chi connectivity index (χ2n) is 4.93. The van der Waals surface area contributed by atoms with Crippen LogP contribution in [0.25, 0.3) is 0 Å². The molecule has 0 aromatic heterocycles. The first-order valence-electron chi connectivity index (χ1n) is 6.78. The minimum Gasteiger partial charge on any atom is -0.466 e. The van der Waals surface area contributed by atoms with E-state index in [1.807, 2.05) is 30.3 Å². The zero-order valence-corrected chi connectivity index (χ0v) is 12.5. The summed E-state index contributed by atoms with van der Waals surface area (Å²) >= 11 is 0. The van der Waals surface area contributed by atoms with Crippen LogP contribution in [0.15, 0.2) is 30.3 Å². The predicted molar refractivity (Wildman–Crippen MR) is 76.3 cm³/mol. The molecule has 0 radical (unpaired) electrons. The van der Waals surface area contributed by atoms with Crippen molar-refractivity contribution in [2.24, 2.45) is 5.41 Å². The number of Topliss-reactive ketones (excluding diaryl/α,β-unsaturated/α-hetero) is 1. The van der Waals surface area contributed by atoms with E-state index in [4.69, 9.17) is 9.47 Å². The van der Waals surface area contributed by atoms with E-state index in [9.17, 15) is 14.4 Å². The summed E-state index contributed by atoms with van der Waals surface area (Å²) in [6.45, 7) is 4.59. The van der Waals surface area contributed by atoms with Gasteiger partial charge in [0, 0.05) is 0 Å². The van der Waals surface area contributed by atoms with E-state index in [1.54, 1.807) is 6.92 Å². The lowest BCUT2D eigenvalue weighted by Crippen LogP contribution is -2.39. The summed E-state index contributed by atoms with van der Waals surface area (Å²) in [6, 6.07) is 9.12. The second-order valence-corrected chi connectivity index (χ2v) is 4.93. The summed E-state index contributed by atoms with van der Waals surface area (Å²) < 4.78 is 9.97. The fourth-order valence-corrected chi connectivity index (χ4v) is 1.72. The highest BCUT2D eigenvalue weighted by Gasteiger charge is 2.42. The minimum absolute atomic E-state index is 0.0609. The van der Waals surface area contributed by atoms with Gasteiger partial charge < -0.3 is 9.47 Å². The summed E-state index contributed by atoms with van der Waals surface area (Å²) in [5.41, 5.74) is -0.700. The molecule has 0 fully saturated rings. The highest BCUT2D eigenvalue weighted by Crippen LogP contribution is 2.26. The smallest absolute Gasteiger partial charge is 0.320 e. The molecule has 0 aliphatic carbocycles. The summed E-state index contributed by atoms with van der Waals surface area (Å²) in [5.74, 6) is -1.73. The Kier molecular flexibility index (Phi) is 6.09. The van der Waals surface area contributed by atoms with E-state index >= 15 is 0 Å². The molecule has 5 nitrogen and oxygen atoms in total. The van der Waals surface area contributed by atoms with Crippen LogP contribution in [-0.4, -0.2) is 24.3 Å². The first kappa shape index (κ1) is 16.9. The average Bonchev–Trinajstić information content (AvgIpc) is 2.45. The number of carbonyl (C=O) groups is 3. The van der Waals surface area contributed by atoms with Crippen molar-refractivity contribution < 1.29 is 23.9 Å². The quantitative estimate of drug-likeness (QED) is 0.569. The summed E-state index contributed by atoms with van der Waals surface area (Å²) in [7, 11) is 0. The zero-order valence-electron chi connectivity index (χ0n) is 12.5. The Morgan fingerprint density at radius 3 is 2.24 bits per heavy atom. The number of hydrogen-bond donors (Lipinski definition) is 0. The predicted octanol–water partition coefficient (Wildman–Crippen LogP) is 2.28. The number of ketones is 1. The largest absolute Gasteiger partial charge is 0.466 e. The Bertz CT molecular complexity index is 509. The van der Waals surface area contributed by atoms with Crippen LogP contribution in [0.5, 0.6) is 0 Å². The third-order valence-corrected chi connectivity index (χ3v) is 3.24. The Balaban J connectivity index is 2.73. The van der Waals surface area contributed by atoms with Gasteiger partial charge in [0.05, 0.1) is 13.0 Å². The van der Waals surface area contributed by atoms with Gasteiger partial charge in [0.2, 0.25) is 0 Å². The van der Waals surface area contributed by atoms with Crippen LogP contribution in [-0.2, 0) is 30.5 Å². The van der Waals surface area contributed by atoms with E-state index in [1.165, 1.54) is 13.8 Å². The van der Waals surface area contributed by atoms with Gasteiger partial charge >= 0.3 is 11.9 Å². The molecule has 1 rings (SSSR count). The molecule has 0 saturated carbocycles. The molecule has 0 saturated heterocycles. The summed E-state index contributed by atoms with van der Waals surface area (Å²) in [4.78, 5) is 35.5. The van der Waals surface area contributed by atoms with Crippen molar-refractivity contribution in [3.05, 3.63) is 35.9 Å². The van der Waals surface area contributed by atoms with Crippen LogP contribution in [0, 0.1) is 5.41 Å². The van der Waals surface area contributed by atoms with Crippen molar-refractivity contribution in [2.45, 2.75) is 33.8 Å². The van der Waals surface area contributed by atoms with Gasteiger partial charge in [-0.15, -0.1) is 0 Å². The lowest BCUT2D eigenvalue weighted by atomic mass is 9.83. The average molecular weight is 292 g/mol. The molecule has 0 bridgehead atoms. The zero-order chi connectivity index (χ0) is 15.9. The van der Waals surface area contributed by atoms with E-state index in [0.29, 0.717) is 0 Å². The lowest BCUT2D eigenvalue weighted by Gasteiger charge is -2.23. The van der Waals surface area contributed by atoms with Gasteiger partial charge in [-0.1, -0.05) is 30.3 Å². The molecule has 0 N–H and O–H groups in total. The standard InChI is InChI=1S/C16H20O5/c1-4-20-14(18)10-16(3,12(2)17)15(19)21-11-13-8-6-5-7-9-13/h5-9H,4,10-11H2,1-3H3. The van der Waals surface area contributed by atoms with Crippen molar-refractivity contribution >= 4 is 17.7 Å². The van der Waals surface area contributed by atoms with Gasteiger partial charge in [0.25, 0.3) is 0 Å². The number of rotatable bonds is 7. The van der Waals surface area contributed by atoms with Crippen molar-refractivity contribution in [1.29, 1.82) is 0 Å². The Hall–Kier alpha value is -2.17. The molecule has 1 unspecified atom stereocenters. The van der Waals surface area contributed by atoms with Crippen LogP contribution < -0.4 is 0 Å². The monoisotopic (exact) mass is 292 g/mol. The van der Waals surface area contributed by atoms with Gasteiger partial charge in [0.15, 0.2) is 0 Å². The number of esters is 2. The van der Waals surface area contributed by atoms with Gasteiger partial charge in [0.1, 0.15) is 17.8 Å². The van der Waals surface area contributed by atoms with E-state index in [0.717, 1.165) is 5.56 Å². The van der Waals surface area contributed by atoms with E-state index < -0.39 is 23.1 Å². The normalized spacial score (nSPS) is 13.1. The van der Waals surface area contributed by atoms with Crippen molar-refractivity contribution in [2.75, 3.05) is 6.61 Å². The molecule has 0 heterocycles. The van der Waals surface area contributed by atoms with Crippen LogP contribution in [0.4, 0.5) is 0 Å². The second kappa shape index (κ2) is 7.57. The van der Waals surface area contributed by atoms with Crippen LogP contribution >= 0.6 is 0 Å². The van der Waals surface area contributed by atoms with Crippen molar-refractivity contribution in [1.82, 2.24) is 0 Å². The number of hydrogen-bond acceptors (Lipinski definition) is 5. The minimum atomic E-state index is -1.51. The van der Waals surface area contributed by atoms with Gasteiger partial charge in [-0.3, -0.25) is 14.4 Å². The Morgan fingerprint density at radius 2 is 1.71 bits per heavy atom. The van der Waals surface area contributed by atoms with Crippen LogP contribution in [0.1, 0.15) is 32.8 Å². The maximum Gasteiger partial charge on any atom is 0.320 e. The molecular weight excluding hydrogens is 272 g/mol. The van der Waals surface area contributed by atoms with Gasteiger partial charge in [-0.25, -0.2) is 0 Å². The number of carbonyl (C=O) groups excluding carboxylic acids is 3. The summed E-state index contributed by atoms with van der Waals surface area (Å²) in [5, 5.41) is 0. The molecule has 1 aromatic rings. The molecule has 114 valence electrons. The van der Waals surface area contributed by atoms with Crippen LogP contribution in [0.3, 0.4) is 0 Å². The topological polar surface area (TPSA) is 69.7 Å². The Labute approximate surface area is 124 Å². The fraction of sp³-hybridized carbons (Fsp3) is 0.438. The Morgan fingerprint density at radius 1 is 1.10 bits per heavy atom. The fourth-order valence-electron chi connectivity index (χ4n) is 1.72. The first-order valence-corrected chi connectivity index (χ1v) is 6.78. The third kappa shape index (κ3) is 4.70. The molecule has 0 aliphatic heterocycles. The molecule has 0 amide bonds. The highest BCUT2D eigenvalue weighted by atomic mass is 16.5. The third-order valence-electron chi connectivity index (χ3n) is 3.24. The molecular formula is C16H20O5. The molecule has 1 aromatic carbocycles. The highest BCUT2D eigenvalue weighted by molar-refractivity contribution is 6.04. The van der Waals surface area contributed by atoms with E-state index in [2.05, 4.69) is 0 Å². The number of benzene rings is 1. The van der Waals surface area contributed by atoms with Crippen molar-refractivity contribution in [3.63, 3.8) is 0 Å². The molecule has 0 aliphatic rings. The molecule has 21 heavy (non-hydrogen) atoms. The first-order chi connectivity index (χ1) is 9.90. The van der Waals surface area contributed by atoms with Gasteiger partial charge in [-0.05, 0) is 26.3 Å². The molecule has 5 heteroatoms. The molecule has 1 atom stereocenters. The summed E-state index contributed by atoms with van der Waals surface area (Å²) in [6.07, 6.45) is -0.316. The number of ether oxygens (including phenoxy) is 2. The van der Waals surface area contributed by atoms with Gasteiger partial charge in [-0.2, -0.15) is 0 Å². The SMILES string of the molecule is CCOC(=O)CC(C)(C(C)=O)C(=O)OCc1ccccc1. The maximum absolute atomic E-state index is 12.2.